The van der Waals surface area contributed by atoms with Crippen LogP contribution in [-0.2, 0) is 4.74 Å². The van der Waals surface area contributed by atoms with E-state index in [0.717, 1.165) is 12.8 Å². The number of rotatable bonds is 5. The molecule has 0 unspecified atom stereocenters. The molecule has 0 aliphatic heterocycles. The molecule has 0 atom stereocenters. The van der Waals surface area contributed by atoms with Gasteiger partial charge in [0.15, 0.2) is 0 Å². The van der Waals surface area contributed by atoms with Gasteiger partial charge in [-0.3, -0.25) is 0 Å². The first kappa shape index (κ1) is 15.9. The molecule has 0 saturated heterocycles. The van der Waals surface area contributed by atoms with Crippen molar-refractivity contribution in [1.82, 2.24) is 5.32 Å². The van der Waals surface area contributed by atoms with Crippen molar-refractivity contribution in [3.8, 4) is 0 Å². The van der Waals surface area contributed by atoms with Crippen molar-refractivity contribution in [2.45, 2.75) is 68.6 Å². The molecule has 118 valence electrons. The minimum Gasteiger partial charge on any atom is -0.353 e. The number of halogens is 6. The second kappa shape index (κ2) is 5.36. The van der Waals surface area contributed by atoms with Crippen molar-refractivity contribution in [3.05, 3.63) is 0 Å². The monoisotopic (exact) mass is 305 g/mol. The maximum absolute atomic E-state index is 12.6. The molecule has 8 heteroatoms. The van der Waals surface area contributed by atoms with Gasteiger partial charge in [-0.15, -0.1) is 0 Å². The van der Waals surface area contributed by atoms with Crippen LogP contribution in [-0.4, -0.2) is 36.6 Å². The van der Waals surface area contributed by atoms with Crippen LogP contribution in [0.5, 0.6) is 0 Å². The van der Waals surface area contributed by atoms with Gasteiger partial charge in [0.2, 0.25) is 6.10 Å². The Morgan fingerprint density at radius 2 is 1.50 bits per heavy atom. The predicted molar refractivity (Wildman–Crippen MR) is 59.2 cm³/mol. The quantitative estimate of drug-likeness (QED) is 0.784. The maximum atomic E-state index is 12.6. The SMILES string of the molecule is FC(F)(F)C(OC1(CNC2CC2)CCCC1)C(F)(F)F. The lowest BCUT2D eigenvalue weighted by molar-refractivity contribution is -0.343. The van der Waals surface area contributed by atoms with Crippen LogP contribution < -0.4 is 5.32 Å². The highest BCUT2D eigenvalue weighted by atomic mass is 19.4. The minimum atomic E-state index is -5.44. The third-order valence-corrected chi connectivity index (χ3v) is 3.77. The first-order valence-electron chi connectivity index (χ1n) is 6.67. The Kier molecular flexibility index (Phi) is 4.26. The third kappa shape index (κ3) is 4.00. The molecule has 1 N–H and O–H groups in total. The zero-order valence-corrected chi connectivity index (χ0v) is 10.8. The van der Waals surface area contributed by atoms with Gasteiger partial charge in [0.1, 0.15) is 0 Å². The summed E-state index contributed by atoms with van der Waals surface area (Å²) in [5.74, 6) is 0. The lowest BCUT2D eigenvalue weighted by atomic mass is 10.0. The molecule has 2 nitrogen and oxygen atoms in total. The van der Waals surface area contributed by atoms with E-state index in [1.165, 1.54) is 0 Å². The summed E-state index contributed by atoms with van der Waals surface area (Å²) in [5, 5.41) is 2.99. The van der Waals surface area contributed by atoms with Crippen LogP contribution in [0.15, 0.2) is 0 Å². The Bertz CT molecular complexity index is 316. The summed E-state index contributed by atoms with van der Waals surface area (Å²) >= 11 is 0. The Labute approximate surface area is 112 Å². The van der Waals surface area contributed by atoms with E-state index >= 15 is 0 Å². The fourth-order valence-electron chi connectivity index (χ4n) is 2.54. The molecule has 0 aromatic rings. The molecule has 2 rings (SSSR count). The second-order valence-corrected chi connectivity index (χ2v) is 5.63. The third-order valence-electron chi connectivity index (χ3n) is 3.77. The first-order valence-corrected chi connectivity index (χ1v) is 6.67. The average molecular weight is 305 g/mol. The van der Waals surface area contributed by atoms with E-state index in [1.807, 2.05) is 0 Å². The minimum absolute atomic E-state index is 0.0559. The first-order chi connectivity index (χ1) is 9.12. The van der Waals surface area contributed by atoms with Crippen molar-refractivity contribution in [2.75, 3.05) is 6.54 Å². The smallest absolute Gasteiger partial charge is 0.353 e. The molecule has 0 aromatic heterocycles. The van der Waals surface area contributed by atoms with Crippen LogP contribution in [0.25, 0.3) is 0 Å². The fourth-order valence-corrected chi connectivity index (χ4v) is 2.54. The molecule has 0 aromatic carbocycles. The van der Waals surface area contributed by atoms with Crippen LogP contribution in [0, 0.1) is 0 Å². The summed E-state index contributed by atoms with van der Waals surface area (Å²) in [5.41, 5.74) is -1.35. The zero-order chi connectivity index (χ0) is 15.0. The van der Waals surface area contributed by atoms with Gasteiger partial charge in [-0.05, 0) is 25.7 Å². The van der Waals surface area contributed by atoms with Crippen molar-refractivity contribution in [2.24, 2.45) is 0 Å². The van der Waals surface area contributed by atoms with E-state index in [-0.39, 0.29) is 25.4 Å². The summed E-state index contributed by atoms with van der Waals surface area (Å²) in [6.45, 7) is 0.0559. The van der Waals surface area contributed by atoms with Crippen molar-refractivity contribution < 1.29 is 31.1 Å². The Morgan fingerprint density at radius 3 is 1.90 bits per heavy atom. The number of nitrogens with one attached hydrogen (secondary N) is 1. The molecule has 0 radical (unpaired) electrons. The molecular weight excluding hydrogens is 288 g/mol. The van der Waals surface area contributed by atoms with Crippen molar-refractivity contribution >= 4 is 0 Å². The van der Waals surface area contributed by atoms with Gasteiger partial charge >= 0.3 is 12.4 Å². The highest BCUT2D eigenvalue weighted by Crippen LogP contribution is 2.42. The van der Waals surface area contributed by atoms with E-state index in [9.17, 15) is 26.3 Å². The molecule has 0 heterocycles. The van der Waals surface area contributed by atoms with E-state index in [0.29, 0.717) is 12.8 Å². The van der Waals surface area contributed by atoms with Gasteiger partial charge in [0.25, 0.3) is 0 Å². The average Bonchev–Trinajstić information content (AvgIpc) is 3.00. The highest BCUT2D eigenvalue weighted by molar-refractivity contribution is 4.94. The number of hydrogen-bond acceptors (Lipinski definition) is 2. The van der Waals surface area contributed by atoms with E-state index in [4.69, 9.17) is 0 Å². The summed E-state index contributed by atoms with van der Waals surface area (Å²) in [4.78, 5) is 0. The summed E-state index contributed by atoms with van der Waals surface area (Å²) in [6.07, 6.45) is -11.1. The van der Waals surface area contributed by atoms with Gasteiger partial charge in [0.05, 0.1) is 5.60 Å². The van der Waals surface area contributed by atoms with Gasteiger partial charge in [0, 0.05) is 12.6 Å². The van der Waals surface area contributed by atoms with Crippen LogP contribution in [0.1, 0.15) is 38.5 Å². The Hall–Kier alpha value is -0.500. The number of hydrogen-bond donors (Lipinski definition) is 1. The zero-order valence-electron chi connectivity index (χ0n) is 10.8. The normalized spacial score (nSPS) is 23.6. The summed E-state index contributed by atoms with van der Waals surface area (Å²) in [7, 11) is 0. The lowest BCUT2D eigenvalue weighted by Crippen LogP contribution is -2.53. The summed E-state index contributed by atoms with van der Waals surface area (Å²) in [6, 6.07) is 0.214. The number of ether oxygens (including phenoxy) is 1. The van der Waals surface area contributed by atoms with Gasteiger partial charge in [-0.25, -0.2) is 0 Å². The van der Waals surface area contributed by atoms with Crippen LogP contribution in [0.2, 0.25) is 0 Å². The molecular formula is C12H17F6NO. The van der Waals surface area contributed by atoms with Crippen molar-refractivity contribution in [1.29, 1.82) is 0 Å². The van der Waals surface area contributed by atoms with E-state index in [2.05, 4.69) is 10.1 Å². The number of alkyl halides is 6. The van der Waals surface area contributed by atoms with Gasteiger partial charge in [-0.1, -0.05) is 12.8 Å². The molecule has 0 bridgehead atoms. The van der Waals surface area contributed by atoms with E-state index in [1.54, 1.807) is 0 Å². The van der Waals surface area contributed by atoms with Gasteiger partial charge in [-0.2, -0.15) is 26.3 Å². The molecule has 2 fully saturated rings. The predicted octanol–water partition coefficient (Wildman–Crippen LogP) is 3.56. The largest absolute Gasteiger partial charge is 0.423 e. The Morgan fingerprint density at radius 1 is 1.00 bits per heavy atom. The molecule has 0 amide bonds. The highest BCUT2D eigenvalue weighted by Gasteiger charge is 2.60. The van der Waals surface area contributed by atoms with Crippen LogP contribution in [0.4, 0.5) is 26.3 Å². The molecule has 20 heavy (non-hydrogen) atoms. The molecule has 0 spiro atoms. The summed E-state index contributed by atoms with van der Waals surface area (Å²) < 4.78 is 80.1. The molecule has 2 saturated carbocycles. The molecule has 2 aliphatic carbocycles. The Balaban J connectivity index is 2.07. The van der Waals surface area contributed by atoms with E-state index < -0.39 is 24.1 Å². The van der Waals surface area contributed by atoms with Crippen LogP contribution >= 0.6 is 0 Å². The maximum Gasteiger partial charge on any atom is 0.423 e. The van der Waals surface area contributed by atoms with Crippen molar-refractivity contribution in [3.63, 3.8) is 0 Å². The lowest BCUT2D eigenvalue weighted by Gasteiger charge is -2.35. The topological polar surface area (TPSA) is 21.3 Å². The van der Waals surface area contributed by atoms with Gasteiger partial charge < -0.3 is 10.1 Å². The standard InChI is InChI=1S/C12H17F6NO/c13-11(14,15)9(12(16,17)18)20-10(5-1-2-6-10)7-19-8-3-4-8/h8-9,19H,1-7H2. The molecule has 2 aliphatic rings. The fraction of sp³-hybridized carbons (Fsp3) is 1.00. The van der Waals surface area contributed by atoms with Crippen LogP contribution in [0.3, 0.4) is 0 Å². The second-order valence-electron chi connectivity index (χ2n) is 5.63.